The summed E-state index contributed by atoms with van der Waals surface area (Å²) in [6.45, 7) is 1.47. The number of rotatable bonds is 5. The van der Waals surface area contributed by atoms with Crippen LogP contribution < -0.4 is 5.32 Å². The zero-order chi connectivity index (χ0) is 21.7. The van der Waals surface area contributed by atoms with Gasteiger partial charge >= 0.3 is 5.97 Å². The number of hydrogen-bond donors (Lipinski definition) is 1. The van der Waals surface area contributed by atoms with E-state index in [-0.39, 0.29) is 17.2 Å². The van der Waals surface area contributed by atoms with Crippen molar-refractivity contribution in [2.45, 2.75) is 25.2 Å². The molecule has 0 spiro atoms. The number of ether oxygens (including phenoxy) is 1. The van der Waals surface area contributed by atoms with Gasteiger partial charge in [0.05, 0.1) is 29.5 Å². The van der Waals surface area contributed by atoms with Crippen molar-refractivity contribution in [1.82, 2.24) is 10.2 Å². The summed E-state index contributed by atoms with van der Waals surface area (Å²) >= 11 is 4.53. The van der Waals surface area contributed by atoms with E-state index in [1.165, 1.54) is 7.11 Å². The molecule has 0 aliphatic carbocycles. The molecule has 2 aliphatic rings. The number of thioether (sulfide) groups is 1. The molecule has 1 saturated heterocycles. The van der Waals surface area contributed by atoms with Gasteiger partial charge in [0, 0.05) is 23.5 Å². The Morgan fingerprint density at radius 3 is 2.70 bits per heavy atom. The number of methoxy groups -OCH3 is 1. The molecule has 2 atom stereocenters. The summed E-state index contributed by atoms with van der Waals surface area (Å²) in [5.74, 6) is -3.12. The van der Waals surface area contributed by atoms with Crippen molar-refractivity contribution in [3.8, 4) is 6.07 Å². The van der Waals surface area contributed by atoms with Crippen LogP contribution in [-0.2, 0) is 19.1 Å². The van der Waals surface area contributed by atoms with Crippen LogP contribution >= 0.6 is 27.7 Å². The average Bonchev–Trinajstić information content (AvgIpc) is 2.76. The zero-order valence-corrected chi connectivity index (χ0v) is 18.9. The number of piperidine rings is 1. The molecule has 2 amide bonds. The minimum Gasteiger partial charge on any atom is -0.468 e. The third-order valence-corrected chi connectivity index (χ3v) is 6.74. The highest BCUT2D eigenvalue weighted by atomic mass is 79.9. The second kappa shape index (κ2) is 10.1. The Morgan fingerprint density at radius 1 is 1.33 bits per heavy atom. The largest absolute Gasteiger partial charge is 0.468 e. The lowest BCUT2D eigenvalue weighted by Gasteiger charge is -2.31. The minimum absolute atomic E-state index is 0.0205. The van der Waals surface area contributed by atoms with Crippen molar-refractivity contribution >= 4 is 45.5 Å². The van der Waals surface area contributed by atoms with Gasteiger partial charge in [0.2, 0.25) is 11.8 Å². The SMILES string of the molecule is COC(=O)[C@@H]1C(=O)NC(SCC(=O)N2CCCCC2)=C(C#N)[C@H]1c1cccc(Br)c1. The van der Waals surface area contributed by atoms with Crippen molar-refractivity contribution in [3.05, 3.63) is 44.9 Å². The molecule has 2 heterocycles. The van der Waals surface area contributed by atoms with Crippen LogP contribution in [0.1, 0.15) is 30.7 Å². The van der Waals surface area contributed by atoms with Crippen molar-refractivity contribution in [3.63, 3.8) is 0 Å². The predicted octanol–water partition coefficient (Wildman–Crippen LogP) is 2.93. The first-order valence-corrected chi connectivity index (χ1v) is 11.4. The first-order chi connectivity index (χ1) is 14.5. The second-order valence-electron chi connectivity index (χ2n) is 7.11. The quantitative estimate of drug-likeness (QED) is 0.501. The number of carbonyl (C=O) groups is 3. The molecular formula is C21H22BrN3O4S. The second-order valence-corrected chi connectivity index (χ2v) is 9.01. The molecular weight excluding hydrogens is 470 g/mol. The Hall–Kier alpha value is -2.31. The molecule has 1 aromatic rings. The van der Waals surface area contributed by atoms with Gasteiger partial charge in [0.25, 0.3) is 0 Å². The van der Waals surface area contributed by atoms with Crippen molar-refractivity contribution in [1.29, 1.82) is 5.26 Å². The zero-order valence-electron chi connectivity index (χ0n) is 16.5. The van der Waals surface area contributed by atoms with Gasteiger partial charge in [-0.05, 0) is 37.0 Å². The van der Waals surface area contributed by atoms with E-state index >= 15 is 0 Å². The monoisotopic (exact) mass is 491 g/mol. The maximum absolute atomic E-state index is 12.8. The van der Waals surface area contributed by atoms with Gasteiger partial charge in [0.1, 0.15) is 5.92 Å². The lowest BCUT2D eigenvalue weighted by Crippen LogP contribution is -2.44. The van der Waals surface area contributed by atoms with E-state index in [0.717, 1.165) is 48.6 Å². The molecule has 1 fully saturated rings. The number of nitriles is 1. The number of esters is 1. The van der Waals surface area contributed by atoms with Crippen LogP contribution in [0.5, 0.6) is 0 Å². The van der Waals surface area contributed by atoms with Gasteiger partial charge in [-0.15, -0.1) is 0 Å². The summed E-state index contributed by atoms with van der Waals surface area (Å²) in [5.41, 5.74) is 0.895. The topological polar surface area (TPSA) is 99.5 Å². The summed E-state index contributed by atoms with van der Waals surface area (Å²) in [7, 11) is 1.21. The van der Waals surface area contributed by atoms with Gasteiger partial charge in [-0.25, -0.2) is 0 Å². The highest BCUT2D eigenvalue weighted by Crippen LogP contribution is 2.40. The van der Waals surface area contributed by atoms with E-state index < -0.39 is 23.7 Å². The minimum atomic E-state index is -1.18. The molecule has 7 nitrogen and oxygen atoms in total. The van der Waals surface area contributed by atoms with Gasteiger partial charge in [0.15, 0.2) is 0 Å². The Labute approximate surface area is 187 Å². The number of likely N-dealkylation sites (tertiary alicyclic amines) is 1. The summed E-state index contributed by atoms with van der Waals surface area (Å²) < 4.78 is 5.60. The molecule has 0 unspecified atom stereocenters. The third kappa shape index (κ3) is 4.87. The van der Waals surface area contributed by atoms with Crippen LogP contribution in [-0.4, -0.2) is 48.6 Å². The predicted molar refractivity (Wildman–Crippen MR) is 116 cm³/mol. The van der Waals surface area contributed by atoms with E-state index in [9.17, 15) is 19.6 Å². The van der Waals surface area contributed by atoms with E-state index in [1.54, 1.807) is 18.2 Å². The fourth-order valence-electron chi connectivity index (χ4n) is 3.75. The summed E-state index contributed by atoms with van der Waals surface area (Å²) in [6.07, 6.45) is 3.11. The van der Waals surface area contributed by atoms with Gasteiger partial charge in [-0.2, -0.15) is 5.26 Å². The molecule has 2 aliphatic heterocycles. The molecule has 1 N–H and O–H groups in total. The molecule has 0 bridgehead atoms. The van der Waals surface area contributed by atoms with E-state index in [2.05, 4.69) is 27.3 Å². The first-order valence-electron chi connectivity index (χ1n) is 9.65. The third-order valence-electron chi connectivity index (χ3n) is 5.24. The number of halogens is 1. The van der Waals surface area contributed by atoms with E-state index in [0.29, 0.717) is 10.6 Å². The van der Waals surface area contributed by atoms with Crippen LogP contribution in [0.4, 0.5) is 0 Å². The molecule has 0 aromatic heterocycles. The summed E-state index contributed by atoms with van der Waals surface area (Å²) in [6, 6.07) is 9.29. The lowest BCUT2D eigenvalue weighted by molar-refractivity contribution is -0.150. The molecule has 30 heavy (non-hydrogen) atoms. The number of amides is 2. The smallest absolute Gasteiger partial charge is 0.319 e. The number of nitrogens with zero attached hydrogens (tertiary/aromatic N) is 2. The molecule has 1 aromatic carbocycles. The fraction of sp³-hybridized carbons (Fsp3) is 0.429. The number of benzene rings is 1. The Morgan fingerprint density at radius 2 is 2.07 bits per heavy atom. The van der Waals surface area contributed by atoms with Crippen LogP contribution in [0, 0.1) is 17.2 Å². The summed E-state index contributed by atoms with van der Waals surface area (Å²) in [5, 5.41) is 12.9. The molecule has 9 heteroatoms. The lowest BCUT2D eigenvalue weighted by atomic mass is 9.78. The standard InChI is InChI=1S/C21H22BrN3O4S/c1-29-21(28)18-17(13-6-5-7-14(22)10-13)15(11-23)20(24-19(18)27)30-12-16(26)25-8-3-2-4-9-25/h5-7,10,17-18H,2-4,8-9,12H2,1H3,(H,24,27)/t17-,18+/m1/s1. The molecule has 0 radical (unpaired) electrons. The van der Waals surface area contributed by atoms with E-state index in [1.807, 2.05) is 11.0 Å². The highest BCUT2D eigenvalue weighted by molar-refractivity contribution is 9.10. The summed E-state index contributed by atoms with van der Waals surface area (Å²) in [4.78, 5) is 39.6. The number of nitrogens with one attached hydrogen (secondary N) is 1. The van der Waals surface area contributed by atoms with Crippen molar-refractivity contribution in [2.24, 2.45) is 5.92 Å². The maximum Gasteiger partial charge on any atom is 0.319 e. The van der Waals surface area contributed by atoms with Crippen molar-refractivity contribution < 1.29 is 19.1 Å². The number of carbonyl (C=O) groups excluding carboxylic acids is 3. The van der Waals surface area contributed by atoms with Crippen LogP contribution in [0.3, 0.4) is 0 Å². The normalized spacial score (nSPS) is 21.6. The molecule has 3 rings (SSSR count). The van der Waals surface area contributed by atoms with Crippen LogP contribution in [0.25, 0.3) is 0 Å². The Bertz CT molecular complexity index is 921. The fourth-order valence-corrected chi connectivity index (χ4v) is 5.12. The van der Waals surface area contributed by atoms with Crippen LogP contribution in [0.15, 0.2) is 39.3 Å². The van der Waals surface area contributed by atoms with Gasteiger partial charge in [-0.3, -0.25) is 14.4 Å². The molecule has 0 saturated carbocycles. The van der Waals surface area contributed by atoms with Gasteiger partial charge < -0.3 is 15.0 Å². The first kappa shape index (κ1) is 22.4. The highest BCUT2D eigenvalue weighted by Gasteiger charge is 2.44. The molecule has 158 valence electrons. The van der Waals surface area contributed by atoms with Gasteiger partial charge in [-0.1, -0.05) is 39.8 Å². The van der Waals surface area contributed by atoms with E-state index in [4.69, 9.17) is 4.74 Å². The number of hydrogen-bond acceptors (Lipinski definition) is 6. The Kier molecular flexibility index (Phi) is 7.56. The van der Waals surface area contributed by atoms with Crippen LogP contribution in [0.2, 0.25) is 0 Å². The Balaban J connectivity index is 1.92. The number of allylic oxidation sites excluding steroid dienone is 1. The average molecular weight is 492 g/mol. The van der Waals surface area contributed by atoms with Crippen molar-refractivity contribution in [2.75, 3.05) is 26.0 Å². The maximum atomic E-state index is 12.8.